The fourth-order valence-corrected chi connectivity index (χ4v) is 3.00. The summed E-state index contributed by atoms with van der Waals surface area (Å²) in [6.07, 6.45) is 7.81. The lowest BCUT2D eigenvalue weighted by molar-refractivity contribution is 0.0521. The summed E-state index contributed by atoms with van der Waals surface area (Å²) < 4.78 is 6.92. The van der Waals surface area contributed by atoms with Crippen LogP contribution >= 0.6 is 0 Å². The van der Waals surface area contributed by atoms with Gasteiger partial charge in [0.1, 0.15) is 11.6 Å². The SMILES string of the molecule is CCOC(=O)c1nc(C)n(CCC2CCCCC2)c1N. The number of nitrogens with zero attached hydrogens (tertiary/aromatic N) is 2. The number of nitrogens with two attached hydrogens (primary N) is 1. The molecule has 0 bridgehead atoms. The van der Waals surface area contributed by atoms with Crippen molar-refractivity contribution in [3.05, 3.63) is 11.5 Å². The first-order chi connectivity index (χ1) is 9.63. The van der Waals surface area contributed by atoms with Gasteiger partial charge in [0.2, 0.25) is 0 Å². The van der Waals surface area contributed by atoms with Crippen LogP contribution in [0.15, 0.2) is 0 Å². The first-order valence-electron chi connectivity index (χ1n) is 7.63. The van der Waals surface area contributed by atoms with E-state index in [1.54, 1.807) is 6.92 Å². The molecule has 0 aromatic carbocycles. The molecule has 1 aliphatic carbocycles. The Morgan fingerprint density at radius 2 is 2.10 bits per heavy atom. The standard InChI is InChI=1S/C15H25N3O2/c1-3-20-15(19)13-14(16)18(11(2)17-13)10-9-12-7-5-4-6-8-12/h12H,3-10,16H2,1-2H3. The quantitative estimate of drug-likeness (QED) is 0.841. The lowest BCUT2D eigenvalue weighted by Crippen LogP contribution is -2.13. The van der Waals surface area contributed by atoms with Crippen molar-refractivity contribution >= 4 is 11.8 Å². The monoisotopic (exact) mass is 279 g/mol. The van der Waals surface area contributed by atoms with Crippen LogP contribution in [0, 0.1) is 12.8 Å². The van der Waals surface area contributed by atoms with Crippen molar-refractivity contribution in [1.29, 1.82) is 0 Å². The molecule has 1 saturated carbocycles. The summed E-state index contributed by atoms with van der Waals surface area (Å²) in [4.78, 5) is 16.0. The van der Waals surface area contributed by atoms with E-state index in [0.717, 1.165) is 24.7 Å². The zero-order valence-corrected chi connectivity index (χ0v) is 12.5. The van der Waals surface area contributed by atoms with Crippen LogP contribution in [0.1, 0.15) is 61.8 Å². The highest BCUT2D eigenvalue weighted by Crippen LogP contribution is 2.27. The van der Waals surface area contributed by atoms with Crippen LogP contribution < -0.4 is 5.73 Å². The summed E-state index contributed by atoms with van der Waals surface area (Å²) >= 11 is 0. The molecule has 1 aliphatic rings. The van der Waals surface area contributed by atoms with Crippen LogP contribution in [0.25, 0.3) is 0 Å². The Morgan fingerprint density at radius 3 is 2.75 bits per heavy atom. The zero-order valence-electron chi connectivity index (χ0n) is 12.5. The molecule has 0 spiro atoms. The number of esters is 1. The van der Waals surface area contributed by atoms with E-state index in [1.165, 1.54) is 32.1 Å². The third-order valence-electron chi connectivity index (χ3n) is 4.15. The molecule has 5 nitrogen and oxygen atoms in total. The minimum Gasteiger partial charge on any atom is -0.461 e. The van der Waals surface area contributed by atoms with Gasteiger partial charge in [-0.3, -0.25) is 0 Å². The number of carbonyl (C=O) groups excluding carboxylic acids is 1. The van der Waals surface area contributed by atoms with Gasteiger partial charge in [0, 0.05) is 6.54 Å². The van der Waals surface area contributed by atoms with Crippen LogP contribution in [0.2, 0.25) is 0 Å². The summed E-state index contributed by atoms with van der Waals surface area (Å²) in [6.45, 7) is 4.85. The molecular weight excluding hydrogens is 254 g/mol. The molecule has 0 radical (unpaired) electrons. The smallest absolute Gasteiger partial charge is 0.360 e. The summed E-state index contributed by atoms with van der Waals surface area (Å²) in [5, 5.41) is 0. The second-order valence-corrected chi connectivity index (χ2v) is 5.56. The maximum atomic E-state index is 11.8. The lowest BCUT2D eigenvalue weighted by Gasteiger charge is -2.22. The molecule has 0 unspecified atom stereocenters. The van der Waals surface area contributed by atoms with Crippen LogP contribution in [-0.2, 0) is 11.3 Å². The highest BCUT2D eigenvalue weighted by molar-refractivity contribution is 5.92. The molecule has 1 heterocycles. The summed E-state index contributed by atoms with van der Waals surface area (Å²) in [7, 11) is 0. The van der Waals surface area contributed by atoms with Crippen molar-refractivity contribution in [2.24, 2.45) is 5.92 Å². The Bertz CT molecular complexity index is 462. The van der Waals surface area contributed by atoms with Gasteiger partial charge in [-0.05, 0) is 26.2 Å². The van der Waals surface area contributed by atoms with Crippen LogP contribution in [0.5, 0.6) is 0 Å². The van der Waals surface area contributed by atoms with Crippen LogP contribution in [0.4, 0.5) is 5.82 Å². The van der Waals surface area contributed by atoms with Gasteiger partial charge < -0.3 is 15.0 Å². The van der Waals surface area contributed by atoms with Gasteiger partial charge in [-0.1, -0.05) is 32.1 Å². The predicted octanol–water partition coefficient (Wildman–Crippen LogP) is 2.92. The Balaban J connectivity index is 2.02. The molecular formula is C15H25N3O2. The van der Waals surface area contributed by atoms with E-state index in [4.69, 9.17) is 10.5 Å². The molecule has 2 N–H and O–H groups in total. The number of hydrogen-bond donors (Lipinski definition) is 1. The number of ether oxygens (including phenoxy) is 1. The van der Waals surface area contributed by atoms with E-state index in [2.05, 4.69) is 4.98 Å². The van der Waals surface area contributed by atoms with Gasteiger partial charge in [-0.2, -0.15) is 0 Å². The third-order valence-corrected chi connectivity index (χ3v) is 4.15. The van der Waals surface area contributed by atoms with Crippen molar-refractivity contribution in [3.8, 4) is 0 Å². The molecule has 0 atom stereocenters. The molecule has 1 aromatic rings. The number of aryl methyl sites for hydroxylation is 1. The topological polar surface area (TPSA) is 70.1 Å². The van der Waals surface area contributed by atoms with Crippen LogP contribution in [0.3, 0.4) is 0 Å². The van der Waals surface area contributed by atoms with Crippen molar-refractivity contribution in [2.75, 3.05) is 12.3 Å². The summed E-state index contributed by atoms with van der Waals surface area (Å²) in [5.74, 6) is 1.60. The first-order valence-corrected chi connectivity index (χ1v) is 7.63. The molecule has 0 saturated heterocycles. The summed E-state index contributed by atoms with van der Waals surface area (Å²) in [5.41, 5.74) is 6.31. The van der Waals surface area contributed by atoms with E-state index in [0.29, 0.717) is 12.4 Å². The highest BCUT2D eigenvalue weighted by Gasteiger charge is 2.20. The van der Waals surface area contributed by atoms with Crippen molar-refractivity contribution in [2.45, 2.75) is 58.9 Å². The molecule has 1 fully saturated rings. The largest absolute Gasteiger partial charge is 0.461 e. The van der Waals surface area contributed by atoms with E-state index in [-0.39, 0.29) is 5.69 Å². The molecule has 2 rings (SSSR count). The fraction of sp³-hybridized carbons (Fsp3) is 0.733. The number of imidazole rings is 1. The van der Waals surface area contributed by atoms with E-state index >= 15 is 0 Å². The Labute approximate surface area is 120 Å². The Hall–Kier alpha value is -1.52. The van der Waals surface area contributed by atoms with Crippen molar-refractivity contribution in [3.63, 3.8) is 0 Å². The van der Waals surface area contributed by atoms with Gasteiger partial charge in [-0.25, -0.2) is 9.78 Å². The van der Waals surface area contributed by atoms with Crippen LogP contribution in [-0.4, -0.2) is 22.1 Å². The fourth-order valence-electron chi connectivity index (χ4n) is 3.00. The number of aromatic nitrogens is 2. The van der Waals surface area contributed by atoms with Gasteiger partial charge >= 0.3 is 5.97 Å². The molecule has 0 amide bonds. The van der Waals surface area contributed by atoms with Gasteiger partial charge in [0.05, 0.1) is 6.61 Å². The van der Waals surface area contributed by atoms with E-state index < -0.39 is 5.97 Å². The predicted molar refractivity (Wildman–Crippen MR) is 78.5 cm³/mol. The average Bonchev–Trinajstić information content (AvgIpc) is 2.73. The Morgan fingerprint density at radius 1 is 1.40 bits per heavy atom. The number of anilines is 1. The minimum absolute atomic E-state index is 0.257. The number of rotatable bonds is 5. The van der Waals surface area contributed by atoms with E-state index in [9.17, 15) is 4.79 Å². The summed E-state index contributed by atoms with van der Waals surface area (Å²) in [6, 6.07) is 0. The van der Waals surface area contributed by atoms with Gasteiger partial charge in [0.15, 0.2) is 5.69 Å². The molecule has 112 valence electrons. The molecule has 5 heteroatoms. The van der Waals surface area contributed by atoms with Crippen molar-refractivity contribution in [1.82, 2.24) is 9.55 Å². The average molecular weight is 279 g/mol. The maximum Gasteiger partial charge on any atom is 0.360 e. The minimum atomic E-state index is -0.426. The normalized spacial score (nSPS) is 16.3. The number of carbonyl (C=O) groups is 1. The van der Waals surface area contributed by atoms with Gasteiger partial charge in [-0.15, -0.1) is 0 Å². The third kappa shape index (κ3) is 3.32. The van der Waals surface area contributed by atoms with Crippen molar-refractivity contribution < 1.29 is 9.53 Å². The van der Waals surface area contributed by atoms with Gasteiger partial charge in [0.25, 0.3) is 0 Å². The number of hydrogen-bond acceptors (Lipinski definition) is 4. The maximum absolute atomic E-state index is 11.8. The molecule has 0 aliphatic heterocycles. The zero-order chi connectivity index (χ0) is 14.5. The second kappa shape index (κ2) is 6.77. The first kappa shape index (κ1) is 14.9. The Kier molecular flexibility index (Phi) is 5.04. The molecule has 1 aromatic heterocycles. The molecule has 20 heavy (non-hydrogen) atoms. The highest BCUT2D eigenvalue weighted by atomic mass is 16.5. The lowest BCUT2D eigenvalue weighted by atomic mass is 9.87. The van der Waals surface area contributed by atoms with E-state index in [1.807, 2.05) is 11.5 Å². The second-order valence-electron chi connectivity index (χ2n) is 5.56. The number of nitrogen functional groups attached to an aromatic ring is 1.